The molecule has 0 spiro atoms. The zero-order valence-electron chi connectivity index (χ0n) is 10.2. The van der Waals surface area contributed by atoms with Gasteiger partial charge in [-0.3, -0.25) is 0 Å². The largest absolute Gasteiger partial charge is 0.447 e. The Morgan fingerprint density at radius 2 is 2.12 bits per heavy atom. The van der Waals surface area contributed by atoms with Crippen molar-refractivity contribution in [3.05, 3.63) is 0 Å². The van der Waals surface area contributed by atoms with Crippen LogP contribution in [-0.2, 0) is 14.2 Å². The molecule has 0 radical (unpaired) electrons. The highest BCUT2D eigenvalue weighted by molar-refractivity contribution is 5.66. The number of ether oxygens (including phenoxy) is 3. The van der Waals surface area contributed by atoms with Crippen molar-refractivity contribution in [2.75, 3.05) is 27.4 Å². The van der Waals surface area contributed by atoms with Gasteiger partial charge in [-0.25, -0.2) is 4.79 Å². The highest BCUT2D eigenvalue weighted by atomic mass is 16.6. The molecule has 2 unspecified atom stereocenters. The van der Waals surface area contributed by atoms with Crippen LogP contribution >= 0.6 is 0 Å². The SMILES string of the molecule is CNC(=O)OCC(COC(C)C1CC1)OC. The lowest BCUT2D eigenvalue weighted by Gasteiger charge is -2.18. The van der Waals surface area contributed by atoms with E-state index in [2.05, 4.69) is 12.2 Å². The van der Waals surface area contributed by atoms with Gasteiger partial charge < -0.3 is 19.5 Å². The number of methoxy groups -OCH3 is 1. The molecule has 1 rings (SSSR count). The lowest BCUT2D eigenvalue weighted by Crippen LogP contribution is -2.30. The smallest absolute Gasteiger partial charge is 0.406 e. The van der Waals surface area contributed by atoms with Crippen LogP contribution in [0, 0.1) is 5.92 Å². The average Bonchev–Trinajstić information content (AvgIpc) is 3.12. The Kier molecular flexibility index (Phi) is 5.55. The summed E-state index contributed by atoms with van der Waals surface area (Å²) >= 11 is 0. The van der Waals surface area contributed by atoms with E-state index in [-0.39, 0.29) is 18.8 Å². The summed E-state index contributed by atoms with van der Waals surface area (Å²) in [5.74, 6) is 0.706. The van der Waals surface area contributed by atoms with E-state index in [1.54, 1.807) is 7.11 Å². The predicted octanol–water partition coefficient (Wildman–Crippen LogP) is 1.17. The lowest BCUT2D eigenvalue weighted by molar-refractivity contribution is -0.0497. The lowest BCUT2D eigenvalue weighted by atomic mass is 10.2. The van der Waals surface area contributed by atoms with Crippen molar-refractivity contribution in [1.29, 1.82) is 0 Å². The Morgan fingerprint density at radius 1 is 1.44 bits per heavy atom. The molecule has 2 atom stereocenters. The molecule has 1 aliphatic carbocycles. The second kappa shape index (κ2) is 6.70. The third kappa shape index (κ3) is 4.81. The zero-order chi connectivity index (χ0) is 12.0. The molecule has 0 aromatic heterocycles. The van der Waals surface area contributed by atoms with Gasteiger partial charge in [0.05, 0.1) is 12.7 Å². The van der Waals surface area contributed by atoms with Crippen LogP contribution in [0.25, 0.3) is 0 Å². The fourth-order valence-corrected chi connectivity index (χ4v) is 1.39. The molecule has 5 nitrogen and oxygen atoms in total. The minimum atomic E-state index is -0.447. The fraction of sp³-hybridized carbons (Fsp3) is 0.909. The van der Waals surface area contributed by atoms with Crippen LogP contribution in [-0.4, -0.2) is 45.7 Å². The summed E-state index contributed by atoms with van der Waals surface area (Å²) in [5, 5.41) is 2.38. The fourth-order valence-electron chi connectivity index (χ4n) is 1.39. The van der Waals surface area contributed by atoms with Crippen LogP contribution < -0.4 is 5.32 Å². The molecular weight excluding hydrogens is 210 g/mol. The average molecular weight is 231 g/mol. The van der Waals surface area contributed by atoms with Crippen LogP contribution in [0.1, 0.15) is 19.8 Å². The summed E-state index contributed by atoms with van der Waals surface area (Å²) < 4.78 is 15.7. The molecule has 0 aromatic carbocycles. The van der Waals surface area contributed by atoms with Gasteiger partial charge in [-0.1, -0.05) is 0 Å². The van der Waals surface area contributed by atoms with Crippen molar-refractivity contribution < 1.29 is 19.0 Å². The zero-order valence-corrected chi connectivity index (χ0v) is 10.2. The summed E-state index contributed by atoms with van der Waals surface area (Å²) in [6, 6.07) is 0. The highest BCUT2D eigenvalue weighted by Gasteiger charge is 2.29. The van der Waals surface area contributed by atoms with Crippen LogP contribution in [0.5, 0.6) is 0 Å². The van der Waals surface area contributed by atoms with Gasteiger partial charge in [0.1, 0.15) is 12.7 Å². The van der Waals surface area contributed by atoms with Crippen molar-refractivity contribution >= 4 is 6.09 Å². The molecular formula is C11H21NO4. The summed E-state index contributed by atoms with van der Waals surface area (Å²) in [4.78, 5) is 10.9. The minimum absolute atomic E-state index is 0.196. The third-order valence-corrected chi connectivity index (χ3v) is 2.77. The molecule has 0 bridgehead atoms. The van der Waals surface area contributed by atoms with Crippen molar-refractivity contribution in [3.8, 4) is 0 Å². The summed E-state index contributed by atoms with van der Waals surface area (Å²) in [5.41, 5.74) is 0. The van der Waals surface area contributed by atoms with E-state index in [0.717, 1.165) is 0 Å². The van der Waals surface area contributed by atoms with E-state index < -0.39 is 6.09 Å². The molecule has 0 aromatic rings. The summed E-state index contributed by atoms with van der Waals surface area (Å²) in [6.45, 7) is 2.75. The molecule has 1 N–H and O–H groups in total. The molecule has 1 aliphatic rings. The van der Waals surface area contributed by atoms with Gasteiger partial charge in [0, 0.05) is 14.2 Å². The quantitative estimate of drug-likeness (QED) is 0.714. The van der Waals surface area contributed by atoms with Gasteiger partial charge in [0.2, 0.25) is 0 Å². The maximum atomic E-state index is 10.9. The second-order valence-electron chi connectivity index (χ2n) is 4.08. The van der Waals surface area contributed by atoms with Crippen LogP contribution in [0.2, 0.25) is 0 Å². The second-order valence-corrected chi connectivity index (χ2v) is 4.08. The Balaban J connectivity index is 2.12. The Hall–Kier alpha value is -0.810. The Morgan fingerprint density at radius 3 is 2.62 bits per heavy atom. The third-order valence-electron chi connectivity index (χ3n) is 2.77. The molecule has 0 aliphatic heterocycles. The molecule has 94 valence electrons. The number of rotatable bonds is 7. The van der Waals surface area contributed by atoms with Crippen molar-refractivity contribution in [2.45, 2.75) is 32.0 Å². The Bertz CT molecular complexity index is 218. The minimum Gasteiger partial charge on any atom is -0.447 e. The van der Waals surface area contributed by atoms with Gasteiger partial charge in [0.15, 0.2) is 0 Å². The van der Waals surface area contributed by atoms with E-state index in [1.165, 1.54) is 19.9 Å². The molecule has 1 amide bonds. The van der Waals surface area contributed by atoms with E-state index in [9.17, 15) is 4.79 Å². The number of nitrogens with one attached hydrogen (secondary N) is 1. The number of carbonyl (C=O) groups excluding carboxylic acids is 1. The number of hydrogen-bond donors (Lipinski definition) is 1. The standard InChI is InChI=1S/C11H21NO4/c1-8(9-4-5-9)15-6-10(14-3)7-16-11(13)12-2/h8-10H,4-7H2,1-3H3,(H,12,13). The van der Waals surface area contributed by atoms with E-state index in [0.29, 0.717) is 12.5 Å². The monoisotopic (exact) mass is 231 g/mol. The predicted molar refractivity (Wildman–Crippen MR) is 59.3 cm³/mol. The maximum absolute atomic E-state index is 10.9. The van der Waals surface area contributed by atoms with Crippen LogP contribution in [0.3, 0.4) is 0 Å². The van der Waals surface area contributed by atoms with Crippen molar-refractivity contribution in [3.63, 3.8) is 0 Å². The van der Waals surface area contributed by atoms with Gasteiger partial charge in [-0.15, -0.1) is 0 Å². The molecule has 1 saturated carbocycles. The number of alkyl carbamates (subject to hydrolysis) is 1. The first-order valence-electron chi connectivity index (χ1n) is 5.66. The van der Waals surface area contributed by atoms with Crippen LogP contribution in [0.4, 0.5) is 4.79 Å². The van der Waals surface area contributed by atoms with E-state index in [1.807, 2.05) is 0 Å². The van der Waals surface area contributed by atoms with Crippen molar-refractivity contribution in [1.82, 2.24) is 5.32 Å². The van der Waals surface area contributed by atoms with Crippen LogP contribution in [0.15, 0.2) is 0 Å². The first-order valence-corrected chi connectivity index (χ1v) is 5.66. The van der Waals surface area contributed by atoms with Gasteiger partial charge in [0.25, 0.3) is 0 Å². The highest BCUT2D eigenvalue weighted by Crippen LogP contribution is 2.33. The van der Waals surface area contributed by atoms with Gasteiger partial charge >= 0.3 is 6.09 Å². The van der Waals surface area contributed by atoms with E-state index in [4.69, 9.17) is 14.2 Å². The molecule has 5 heteroatoms. The maximum Gasteiger partial charge on any atom is 0.406 e. The normalized spacial score (nSPS) is 18.9. The topological polar surface area (TPSA) is 56.8 Å². The number of carbonyl (C=O) groups is 1. The van der Waals surface area contributed by atoms with Gasteiger partial charge in [-0.2, -0.15) is 0 Å². The van der Waals surface area contributed by atoms with Gasteiger partial charge in [-0.05, 0) is 25.7 Å². The van der Waals surface area contributed by atoms with E-state index >= 15 is 0 Å². The van der Waals surface area contributed by atoms with Crippen molar-refractivity contribution in [2.24, 2.45) is 5.92 Å². The molecule has 16 heavy (non-hydrogen) atoms. The molecule has 0 heterocycles. The first kappa shape index (κ1) is 13.3. The summed E-state index contributed by atoms with van der Waals surface area (Å²) in [7, 11) is 3.11. The Labute approximate surface area is 96.4 Å². The number of hydrogen-bond acceptors (Lipinski definition) is 4. The molecule has 1 fully saturated rings. The molecule has 0 saturated heterocycles. The number of amides is 1. The summed E-state index contributed by atoms with van der Waals surface area (Å²) in [6.07, 6.45) is 2.15. The first-order chi connectivity index (χ1) is 7.67.